The van der Waals surface area contributed by atoms with E-state index in [9.17, 15) is 0 Å². The van der Waals surface area contributed by atoms with Gasteiger partial charge >= 0.3 is 6.01 Å². The highest BCUT2D eigenvalue weighted by Crippen LogP contribution is 2.35. The van der Waals surface area contributed by atoms with Crippen molar-refractivity contribution in [2.75, 3.05) is 38.2 Å². The molecule has 3 fully saturated rings. The lowest BCUT2D eigenvalue weighted by Gasteiger charge is -2.34. The zero-order valence-electron chi connectivity index (χ0n) is 21.0. The highest BCUT2D eigenvalue weighted by atomic mass is 16.5. The smallest absolute Gasteiger partial charge is 0.319 e. The van der Waals surface area contributed by atoms with Crippen LogP contribution < -0.4 is 15.0 Å². The molecule has 0 amide bonds. The summed E-state index contributed by atoms with van der Waals surface area (Å²) in [6, 6.07) is 12.9. The molecule has 0 radical (unpaired) electrons. The average Bonchev–Trinajstić information content (AvgIpc) is 3.60. The molecule has 3 unspecified atom stereocenters. The molecule has 4 aromatic rings. The fraction of sp³-hybridized carbons (Fsp3) is 0.464. The summed E-state index contributed by atoms with van der Waals surface area (Å²) in [4.78, 5) is 14.7. The summed E-state index contributed by atoms with van der Waals surface area (Å²) < 4.78 is 6.27. The van der Waals surface area contributed by atoms with Crippen LogP contribution in [0.15, 0.2) is 36.5 Å². The molecule has 0 saturated carbocycles. The summed E-state index contributed by atoms with van der Waals surface area (Å²) in [6.07, 6.45) is 6.74. The van der Waals surface area contributed by atoms with Crippen LogP contribution in [0.1, 0.15) is 31.2 Å². The van der Waals surface area contributed by atoms with Gasteiger partial charge in [0.15, 0.2) is 0 Å². The van der Waals surface area contributed by atoms with Crippen LogP contribution >= 0.6 is 0 Å². The lowest BCUT2D eigenvalue weighted by Crippen LogP contribution is -2.51. The Bertz CT molecular complexity index is 1420. The standard InChI is InChI=1S/C28H33N7O/c1-17-10-19-13-29-33-25(19)12-24(17)18-5-8-23-26(11-18)31-28(36-16-22-4-3-9-34(22)2)32-27(23)35-14-20-6-7-21(15-35)30-20/h5,8,10-13,20-22,30H,3-4,6-7,9,14-16H2,1-2H3,(H,29,33). The first-order valence-corrected chi connectivity index (χ1v) is 13.2. The van der Waals surface area contributed by atoms with Gasteiger partial charge in [0.2, 0.25) is 0 Å². The molecule has 7 rings (SSSR count). The number of hydrogen-bond donors (Lipinski definition) is 2. The van der Waals surface area contributed by atoms with Gasteiger partial charge in [0, 0.05) is 42.0 Å². The third-order valence-corrected chi connectivity index (χ3v) is 8.34. The fourth-order valence-corrected chi connectivity index (χ4v) is 6.31. The van der Waals surface area contributed by atoms with Gasteiger partial charge < -0.3 is 19.9 Å². The number of aromatic nitrogens is 4. The SMILES string of the molecule is Cc1cc2cn[nH]c2cc1-c1ccc2c(N3CC4CCC(C3)N4)nc(OCC3CCCN3C)nc2c1. The maximum Gasteiger partial charge on any atom is 0.319 e. The van der Waals surface area contributed by atoms with Crippen molar-refractivity contribution < 1.29 is 4.74 Å². The Kier molecular flexibility index (Phi) is 5.32. The molecule has 5 heterocycles. The van der Waals surface area contributed by atoms with Gasteiger partial charge in [-0.25, -0.2) is 0 Å². The van der Waals surface area contributed by atoms with Crippen LogP contribution in [0.3, 0.4) is 0 Å². The van der Waals surface area contributed by atoms with Crippen molar-refractivity contribution in [1.29, 1.82) is 0 Å². The predicted octanol–water partition coefficient (Wildman–Crippen LogP) is 3.90. The van der Waals surface area contributed by atoms with Gasteiger partial charge in [-0.3, -0.25) is 5.10 Å². The topological polar surface area (TPSA) is 82.2 Å². The first kappa shape index (κ1) is 22.0. The monoisotopic (exact) mass is 483 g/mol. The number of aryl methyl sites for hydroxylation is 1. The molecule has 3 aliphatic heterocycles. The maximum atomic E-state index is 6.27. The third-order valence-electron chi connectivity index (χ3n) is 8.34. The number of piperazine rings is 1. The molecule has 8 nitrogen and oxygen atoms in total. The lowest BCUT2D eigenvalue weighted by molar-refractivity contribution is 0.188. The minimum absolute atomic E-state index is 0.429. The quantitative estimate of drug-likeness (QED) is 0.446. The van der Waals surface area contributed by atoms with Crippen molar-refractivity contribution in [3.63, 3.8) is 0 Å². The van der Waals surface area contributed by atoms with E-state index in [2.05, 4.69) is 69.6 Å². The van der Waals surface area contributed by atoms with Crippen molar-refractivity contribution in [1.82, 2.24) is 30.4 Å². The average molecular weight is 484 g/mol. The highest BCUT2D eigenvalue weighted by molar-refractivity contribution is 5.94. The van der Waals surface area contributed by atoms with E-state index < -0.39 is 0 Å². The molecule has 8 heteroatoms. The van der Waals surface area contributed by atoms with Crippen LogP contribution in [0.2, 0.25) is 0 Å². The number of likely N-dealkylation sites (tertiary alicyclic amines) is 1. The van der Waals surface area contributed by atoms with Crippen LogP contribution in [-0.2, 0) is 0 Å². The second-order valence-electron chi connectivity index (χ2n) is 10.8. The second kappa shape index (κ2) is 8.71. The van der Waals surface area contributed by atoms with Crippen LogP contribution in [0.4, 0.5) is 5.82 Å². The van der Waals surface area contributed by atoms with E-state index in [1.807, 2.05) is 6.20 Å². The number of rotatable bonds is 5. The van der Waals surface area contributed by atoms with Crippen molar-refractivity contribution >= 4 is 27.6 Å². The summed E-state index contributed by atoms with van der Waals surface area (Å²) in [7, 11) is 2.18. The molecule has 36 heavy (non-hydrogen) atoms. The third kappa shape index (κ3) is 3.89. The molecule has 0 spiro atoms. The Morgan fingerprint density at radius 1 is 1.06 bits per heavy atom. The number of hydrogen-bond acceptors (Lipinski definition) is 7. The van der Waals surface area contributed by atoms with Crippen LogP contribution in [0.5, 0.6) is 6.01 Å². The second-order valence-corrected chi connectivity index (χ2v) is 10.8. The Labute approximate surface area is 211 Å². The van der Waals surface area contributed by atoms with E-state index >= 15 is 0 Å². The van der Waals surface area contributed by atoms with Gasteiger partial charge in [-0.15, -0.1) is 0 Å². The maximum absolute atomic E-state index is 6.27. The van der Waals surface area contributed by atoms with Crippen molar-refractivity contribution in [2.45, 2.75) is 50.7 Å². The molecular weight excluding hydrogens is 450 g/mol. The number of aromatic amines is 1. The highest BCUT2D eigenvalue weighted by Gasteiger charge is 2.34. The van der Waals surface area contributed by atoms with Crippen LogP contribution in [0.25, 0.3) is 32.9 Å². The minimum atomic E-state index is 0.429. The van der Waals surface area contributed by atoms with Gasteiger partial charge in [0.25, 0.3) is 0 Å². The van der Waals surface area contributed by atoms with Gasteiger partial charge in [-0.1, -0.05) is 6.07 Å². The summed E-state index contributed by atoms with van der Waals surface area (Å²) in [5.74, 6) is 1.00. The molecule has 2 aromatic heterocycles. The Morgan fingerprint density at radius 2 is 1.92 bits per heavy atom. The Morgan fingerprint density at radius 3 is 2.72 bits per heavy atom. The number of anilines is 1. The van der Waals surface area contributed by atoms with Crippen LogP contribution in [-0.4, -0.2) is 76.5 Å². The fourth-order valence-electron chi connectivity index (χ4n) is 6.31. The van der Waals surface area contributed by atoms with E-state index in [1.54, 1.807) is 0 Å². The predicted molar refractivity (Wildman–Crippen MR) is 143 cm³/mol. The van der Waals surface area contributed by atoms with E-state index in [4.69, 9.17) is 14.7 Å². The molecule has 2 bridgehead atoms. The van der Waals surface area contributed by atoms with E-state index in [-0.39, 0.29) is 0 Å². The summed E-state index contributed by atoms with van der Waals surface area (Å²) in [5.41, 5.74) is 5.52. The zero-order chi connectivity index (χ0) is 24.2. The number of nitrogens with one attached hydrogen (secondary N) is 2. The number of ether oxygens (including phenoxy) is 1. The van der Waals surface area contributed by atoms with Crippen molar-refractivity contribution in [2.24, 2.45) is 0 Å². The van der Waals surface area contributed by atoms with Crippen molar-refractivity contribution in [3.05, 3.63) is 42.1 Å². The van der Waals surface area contributed by atoms with E-state index in [0.717, 1.165) is 59.2 Å². The van der Waals surface area contributed by atoms with Gasteiger partial charge in [0.1, 0.15) is 12.4 Å². The van der Waals surface area contributed by atoms with Crippen LogP contribution in [0, 0.1) is 6.92 Å². The zero-order valence-corrected chi connectivity index (χ0v) is 21.0. The van der Waals surface area contributed by atoms with Gasteiger partial charge in [0.05, 0.1) is 17.2 Å². The number of benzene rings is 2. The molecule has 3 saturated heterocycles. The molecule has 0 aliphatic carbocycles. The largest absolute Gasteiger partial charge is 0.462 e. The molecule has 2 N–H and O–H groups in total. The van der Waals surface area contributed by atoms with Gasteiger partial charge in [-0.2, -0.15) is 15.1 Å². The molecule has 2 aromatic carbocycles. The summed E-state index contributed by atoms with van der Waals surface area (Å²) in [6.45, 7) is 5.87. The van der Waals surface area contributed by atoms with E-state index in [0.29, 0.717) is 30.7 Å². The van der Waals surface area contributed by atoms with Gasteiger partial charge in [-0.05, 0) is 87.2 Å². The summed E-state index contributed by atoms with van der Waals surface area (Å²) in [5, 5.41) is 13.3. The molecular formula is C28H33N7O. The molecule has 186 valence electrons. The first-order chi connectivity index (χ1) is 17.6. The Balaban J connectivity index is 1.29. The normalized spacial score (nSPS) is 24.3. The first-order valence-electron chi connectivity index (χ1n) is 13.2. The number of fused-ring (bicyclic) bond motifs is 4. The number of nitrogens with zero attached hydrogens (tertiary/aromatic N) is 5. The van der Waals surface area contributed by atoms with Crippen molar-refractivity contribution in [3.8, 4) is 17.1 Å². The lowest BCUT2D eigenvalue weighted by atomic mass is 9.98. The number of H-pyrrole nitrogens is 1. The number of likely N-dealkylation sites (N-methyl/N-ethyl adjacent to an activating group) is 1. The Hall–Kier alpha value is -3.23. The minimum Gasteiger partial charge on any atom is -0.462 e. The van der Waals surface area contributed by atoms with E-state index in [1.165, 1.54) is 30.4 Å². The summed E-state index contributed by atoms with van der Waals surface area (Å²) >= 11 is 0. The molecule has 3 atom stereocenters. The molecule has 3 aliphatic rings.